The van der Waals surface area contributed by atoms with Crippen LogP contribution in [-0.2, 0) is 0 Å². The Morgan fingerprint density at radius 2 is 1.70 bits per heavy atom. The van der Waals surface area contributed by atoms with Crippen LogP contribution in [0.2, 0.25) is 0 Å². The Morgan fingerprint density at radius 3 is 2.33 bits per heavy atom. The molecule has 5 nitrogen and oxygen atoms in total. The summed E-state index contributed by atoms with van der Waals surface area (Å²) in [4.78, 5) is 19.2. The molecule has 2 aromatic carbocycles. The van der Waals surface area contributed by atoms with Crippen molar-refractivity contribution in [1.82, 2.24) is 9.80 Å². The average Bonchev–Trinajstić information content (AvgIpc) is 3.25. The van der Waals surface area contributed by atoms with Crippen molar-refractivity contribution in [2.24, 2.45) is 0 Å². The van der Waals surface area contributed by atoms with E-state index in [1.165, 1.54) is 18.2 Å². The number of nitrogens with zero attached hydrogens (tertiary/aromatic N) is 3. The van der Waals surface area contributed by atoms with E-state index in [2.05, 4.69) is 41.3 Å². The molecule has 0 spiro atoms. The fraction of sp³-hybridized carbons (Fsp3) is 0.458. The number of likely N-dealkylation sites (tertiary alicyclic amines) is 1. The van der Waals surface area contributed by atoms with Crippen LogP contribution in [0.3, 0.4) is 0 Å². The molecular weight excluding hydrogens is 379 g/mol. The average molecular weight is 411 g/mol. The van der Waals surface area contributed by atoms with Gasteiger partial charge >= 0.3 is 6.03 Å². The molecule has 2 saturated heterocycles. The monoisotopic (exact) mass is 410 g/mol. The van der Waals surface area contributed by atoms with Gasteiger partial charge in [-0.1, -0.05) is 18.2 Å². The van der Waals surface area contributed by atoms with Crippen molar-refractivity contribution in [2.45, 2.75) is 31.2 Å². The van der Waals surface area contributed by atoms with Crippen LogP contribution in [0, 0.1) is 5.82 Å². The molecule has 30 heavy (non-hydrogen) atoms. The molecule has 0 radical (unpaired) electrons. The summed E-state index contributed by atoms with van der Waals surface area (Å²) in [7, 11) is 4.26. The summed E-state index contributed by atoms with van der Waals surface area (Å²) in [6.45, 7) is 3.38. The van der Waals surface area contributed by atoms with Gasteiger partial charge in [0.1, 0.15) is 5.82 Å². The maximum Gasteiger partial charge on any atom is 0.321 e. The predicted octanol–water partition coefficient (Wildman–Crippen LogP) is 4.38. The highest BCUT2D eigenvalue weighted by Crippen LogP contribution is 2.30. The van der Waals surface area contributed by atoms with Gasteiger partial charge in [-0.3, -0.25) is 0 Å². The van der Waals surface area contributed by atoms with Crippen molar-refractivity contribution >= 4 is 17.4 Å². The van der Waals surface area contributed by atoms with Crippen molar-refractivity contribution in [1.29, 1.82) is 0 Å². The minimum Gasteiger partial charge on any atom is -0.370 e. The lowest BCUT2D eigenvalue weighted by Crippen LogP contribution is -2.40. The number of hydrogen-bond donors (Lipinski definition) is 1. The highest BCUT2D eigenvalue weighted by atomic mass is 19.1. The molecule has 2 heterocycles. The minimum atomic E-state index is -0.143. The summed E-state index contributed by atoms with van der Waals surface area (Å²) in [5.74, 6) is 0.0383. The first-order chi connectivity index (χ1) is 14.5. The number of halogens is 1. The molecule has 0 aromatic heterocycles. The molecule has 2 aromatic rings. The standard InChI is InChI=1S/C24H31FN4O/c1-27(2)21-13-16-29(17-21)20-9-7-19(8-10-20)26-24(30)28-14-11-18(12-15-28)22-5-3-4-6-23(22)25/h3-10,18,21H,11-17H2,1-2H3,(H,26,30). The smallest absolute Gasteiger partial charge is 0.321 e. The van der Waals surface area contributed by atoms with E-state index < -0.39 is 0 Å². The summed E-state index contributed by atoms with van der Waals surface area (Å²) < 4.78 is 14.0. The quantitative estimate of drug-likeness (QED) is 0.813. The second kappa shape index (κ2) is 9.04. The lowest BCUT2D eigenvalue weighted by molar-refractivity contribution is 0.194. The number of amides is 2. The van der Waals surface area contributed by atoms with E-state index in [0.717, 1.165) is 37.2 Å². The summed E-state index contributed by atoms with van der Waals surface area (Å²) >= 11 is 0. The van der Waals surface area contributed by atoms with Crippen LogP contribution in [0.15, 0.2) is 48.5 Å². The molecule has 2 aliphatic rings. The molecule has 4 rings (SSSR count). The zero-order valence-electron chi connectivity index (χ0n) is 17.9. The molecule has 160 valence electrons. The summed E-state index contributed by atoms with van der Waals surface area (Å²) in [6, 6.07) is 15.6. The number of likely N-dealkylation sites (N-methyl/N-ethyl adjacent to an activating group) is 1. The van der Waals surface area contributed by atoms with Crippen LogP contribution >= 0.6 is 0 Å². The van der Waals surface area contributed by atoms with Gasteiger partial charge < -0.3 is 20.0 Å². The second-order valence-electron chi connectivity index (χ2n) is 8.61. The summed E-state index contributed by atoms with van der Waals surface area (Å²) in [5.41, 5.74) is 2.78. The predicted molar refractivity (Wildman–Crippen MR) is 120 cm³/mol. The molecule has 1 atom stereocenters. The molecule has 2 amide bonds. The summed E-state index contributed by atoms with van der Waals surface area (Å²) in [6.07, 6.45) is 2.75. The van der Waals surface area contributed by atoms with E-state index in [0.29, 0.717) is 19.1 Å². The molecule has 0 saturated carbocycles. The minimum absolute atomic E-state index is 0.0800. The van der Waals surface area contributed by atoms with Crippen molar-refractivity contribution in [3.8, 4) is 0 Å². The second-order valence-corrected chi connectivity index (χ2v) is 8.61. The van der Waals surface area contributed by atoms with Gasteiger partial charge in [-0.25, -0.2) is 9.18 Å². The number of carbonyl (C=O) groups is 1. The number of rotatable bonds is 4. The number of piperidine rings is 1. The van der Waals surface area contributed by atoms with E-state index in [4.69, 9.17) is 0 Å². The van der Waals surface area contributed by atoms with Crippen molar-refractivity contribution in [3.05, 3.63) is 59.9 Å². The fourth-order valence-electron chi connectivity index (χ4n) is 4.56. The fourth-order valence-corrected chi connectivity index (χ4v) is 4.56. The third kappa shape index (κ3) is 4.59. The van der Waals surface area contributed by atoms with Crippen LogP contribution in [0.4, 0.5) is 20.6 Å². The highest BCUT2D eigenvalue weighted by Gasteiger charge is 2.26. The first-order valence-electron chi connectivity index (χ1n) is 10.8. The van der Waals surface area contributed by atoms with E-state index in [1.54, 1.807) is 6.07 Å². The van der Waals surface area contributed by atoms with Crippen LogP contribution in [-0.4, -0.2) is 62.1 Å². The van der Waals surface area contributed by atoms with Gasteiger partial charge in [0.05, 0.1) is 0 Å². The first-order valence-corrected chi connectivity index (χ1v) is 10.8. The van der Waals surface area contributed by atoms with E-state index in [9.17, 15) is 9.18 Å². The number of urea groups is 1. The van der Waals surface area contributed by atoms with Crippen molar-refractivity contribution in [3.63, 3.8) is 0 Å². The van der Waals surface area contributed by atoms with E-state index in [1.807, 2.05) is 29.2 Å². The maximum absolute atomic E-state index is 14.0. The van der Waals surface area contributed by atoms with Crippen LogP contribution < -0.4 is 10.2 Å². The molecule has 2 fully saturated rings. The SMILES string of the molecule is CN(C)C1CCN(c2ccc(NC(=O)N3CCC(c4ccccc4F)CC3)cc2)C1. The molecular formula is C24H31FN4O. The van der Waals surface area contributed by atoms with Gasteiger partial charge in [-0.2, -0.15) is 0 Å². The Balaban J connectivity index is 1.29. The number of carbonyl (C=O) groups excluding carboxylic acids is 1. The zero-order chi connectivity index (χ0) is 21.1. The Morgan fingerprint density at radius 1 is 1.00 bits per heavy atom. The number of benzene rings is 2. The normalized spacial score (nSPS) is 20.1. The molecule has 1 unspecified atom stereocenters. The van der Waals surface area contributed by atoms with Crippen molar-refractivity contribution < 1.29 is 9.18 Å². The number of hydrogen-bond acceptors (Lipinski definition) is 3. The highest BCUT2D eigenvalue weighted by molar-refractivity contribution is 5.89. The van der Waals surface area contributed by atoms with Crippen LogP contribution in [0.1, 0.15) is 30.7 Å². The molecule has 0 bridgehead atoms. The van der Waals surface area contributed by atoms with Crippen LogP contribution in [0.5, 0.6) is 0 Å². The Bertz CT molecular complexity index is 862. The van der Waals surface area contributed by atoms with Gasteiger partial charge in [0.25, 0.3) is 0 Å². The van der Waals surface area contributed by atoms with Gasteiger partial charge in [0.2, 0.25) is 0 Å². The summed E-state index contributed by atoms with van der Waals surface area (Å²) in [5, 5.41) is 3.01. The Labute approximate surface area is 178 Å². The topological polar surface area (TPSA) is 38.8 Å². The zero-order valence-corrected chi connectivity index (χ0v) is 17.9. The van der Waals surface area contributed by atoms with Gasteiger partial charge in [-0.05, 0) is 75.2 Å². The molecule has 6 heteroatoms. The van der Waals surface area contributed by atoms with Gasteiger partial charge in [0, 0.05) is 43.6 Å². The van der Waals surface area contributed by atoms with Crippen molar-refractivity contribution in [2.75, 3.05) is 50.5 Å². The third-order valence-electron chi connectivity index (χ3n) is 6.50. The maximum atomic E-state index is 14.0. The van der Waals surface area contributed by atoms with Crippen LogP contribution in [0.25, 0.3) is 0 Å². The van der Waals surface area contributed by atoms with Gasteiger partial charge in [-0.15, -0.1) is 0 Å². The largest absolute Gasteiger partial charge is 0.370 e. The lowest BCUT2D eigenvalue weighted by atomic mass is 9.89. The molecule has 0 aliphatic carbocycles. The number of anilines is 2. The Kier molecular flexibility index (Phi) is 6.23. The first kappa shape index (κ1) is 20.7. The molecule has 2 aliphatic heterocycles. The lowest BCUT2D eigenvalue weighted by Gasteiger charge is -2.32. The van der Waals surface area contributed by atoms with E-state index >= 15 is 0 Å². The molecule has 1 N–H and O–H groups in total. The van der Waals surface area contributed by atoms with E-state index in [-0.39, 0.29) is 17.8 Å². The third-order valence-corrected chi connectivity index (χ3v) is 6.50. The van der Waals surface area contributed by atoms with Gasteiger partial charge in [0.15, 0.2) is 0 Å². The Hall–Kier alpha value is -2.60. The number of nitrogens with one attached hydrogen (secondary N) is 1.